The maximum Gasteiger partial charge on any atom is 0.244 e. The molecule has 1 saturated heterocycles. The molecular formula is C14H18BrN3O. The standard InChI is InChI=1S/C14H18BrN3O/c15-10-2-1-3-11(8-10)17-14(13(16)19)6-7-18(9-14)12-4-5-12/h1-3,8,12,17H,4-7,9H2,(H2,16,19). The molecule has 1 aromatic carbocycles. The van der Waals surface area contributed by atoms with E-state index >= 15 is 0 Å². The molecule has 102 valence electrons. The number of carbonyl (C=O) groups is 1. The molecule has 1 amide bonds. The summed E-state index contributed by atoms with van der Waals surface area (Å²) in [5.41, 5.74) is 5.98. The minimum absolute atomic E-state index is 0.254. The van der Waals surface area contributed by atoms with Gasteiger partial charge in [-0.1, -0.05) is 22.0 Å². The highest BCUT2D eigenvalue weighted by Gasteiger charge is 2.47. The molecule has 1 aliphatic heterocycles. The molecule has 1 unspecified atom stereocenters. The molecule has 0 bridgehead atoms. The zero-order valence-electron chi connectivity index (χ0n) is 10.7. The van der Waals surface area contributed by atoms with Crippen molar-refractivity contribution in [1.29, 1.82) is 0 Å². The summed E-state index contributed by atoms with van der Waals surface area (Å²) in [7, 11) is 0. The van der Waals surface area contributed by atoms with Crippen LogP contribution in [0, 0.1) is 0 Å². The van der Waals surface area contributed by atoms with E-state index in [9.17, 15) is 4.79 Å². The number of carbonyl (C=O) groups excluding carboxylic acids is 1. The summed E-state index contributed by atoms with van der Waals surface area (Å²) in [5, 5.41) is 3.36. The molecular weight excluding hydrogens is 306 g/mol. The van der Waals surface area contributed by atoms with Gasteiger partial charge in [-0.2, -0.15) is 0 Å². The van der Waals surface area contributed by atoms with Crippen LogP contribution < -0.4 is 11.1 Å². The van der Waals surface area contributed by atoms with E-state index in [1.54, 1.807) is 0 Å². The highest BCUT2D eigenvalue weighted by molar-refractivity contribution is 9.10. The molecule has 3 N–H and O–H groups in total. The minimum Gasteiger partial charge on any atom is -0.370 e. The zero-order chi connectivity index (χ0) is 13.5. The number of amides is 1. The van der Waals surface area contributed by atoms with E-state index in [2.05, 4.69) is 26.1 Å². The van der Waals surface area contributed by atoms with Crippen LogP contribution in [0.15, 0.2) is 28.7 Å². The Labute approximate surface area is 121 Å². The van der Waals surface area contributed by atoms with Crippen LogP contribution in [0.5, 0.6) is 0 Å². The maximum absolute atomic E-state index is 11.9. The van der Waals surface area contributed by atoms with Crippen molar-refractivity contribution >= 4 is 27.5 Å². The molecule has 1 aliphatic carbocycles. The summed E-state index contributed by atoms with van der Waals surface area (Å²) in [6.07, 6.45) is 3.29. The first-order valence-electron chi connectivity index (χ1n) is 6.67. The quantitative estimate of drug-likeness (QED) is 0.890. The van der Waals surface area contributed by atoms with Gasteiger partial charge in [0.1, 0.15) is 5.54 Å². The maximum atomic E-state index is 11.9. The fourth-order valence-corrected chi connectivity index (χ4v) is 3.20. The second-order valence-corrected chi connectivity index (χ2v) is 6.45. The Morgan fingerprint density at radius 2 is 2.26 bits per heavy atom. The van der Waals surface area contributed by atoms with E-state index in [0.29, 0.717) is 6.04 Å². The van der Waals surface area contributed by atoms with Gasteiger partial charge in [0.2, 0.25) is 5.91 Å². The second kappa shape index (κ2) is 4.80. The Hall–Kier alpha value is -1.07. The smallest absolute Gasteiger partial charge is 0.244 e. The van der Waals surface area contributed by atoms with Crippen LogP contribution >= 0.6 is 15.9 Å². The molecule has 1 atom stereocenters. The number of anilines is 1. The van der Waals surface area contributed by atoms with Crippen LogP contribution in [-0.2, 0) is 4.79 Å². The van der Waals surface area contributed by atoms with E-state index in [4.69, 9.17) is 5.73 Å². The van der Waals surface area contributed by atoms with Gasteiger partial charge in [0.25, 0.3) is 0 Å². The van der Waals surface area contributed by atoms with E-state index in [-0.39, 0.29) is 5.91 Å². The molecule has 0 radical (unpaired) electrons. The summed E-state index contributed by atoms with van der Waals surface area (Å²) >= 11 is 3.44. The van der Waals surface area contributed by atoms with Crippen molar-refractivity contribution in [3.8, 4) is 0 Å². The van der Waals surface area contributed by atoms with Crippen LogP contribution in [0.4, 0.5) is 5.69 Å². The fraction of sp³-hybridized carbons (Fsp3) is 0.500. The number of nitrogens with zero attached hydrogens (tertiary/aromatic N) is 1. The van der Waals surface area contributed by atoms with Crippen LogP contribution in [-0.4, -0.2) is 35.5 Å². The average Bonchev–Trinajstić information content (AvgIpc) is 3.12. The zero-order valence-corrected chi connectivity index (χ0v) is 12.3. The highest BCUT2D eigenvalue weighted by Crippen LogP contribution is 2.35. The number of rotatable bonds is 4. The molecule has 5 heteroatoms. The first kappa shape index (κ1) is 12.9. The van der Waals surface area contributed by atoms with Crippen molar-refractivity contribution in [2.45, 2.75) is 30.8 Å². The van der Waals surface area contributed by atoms with Gasteiger partial charge in [-0.25, -0.2) is 0 Å². The Morgan fingerprint density at radius 3 is 2.89 bits per heavy atom. The summed E-state index contributed by atoms with van der Waals surface area (Å²) in [4.78, 5) is 14.3. The van der Waals surface area contributed by atoms with Gasteiger partial charge in [-0.15, -0.1) is 0 Å². The number of hydrogen-bond donors (Lipinski definition) is 2. The predicted octanol–water partition coefficient (Wildman–Crippen LogP) is 1.95. The van der Waals surface area contributed by atoms with Gasteiger partial charge >= 0.3 is 0 Å². The summed E-state index contributed by atoms with van der Waals surface area (Å²) < 4.78 is 0.995. The lowest BCUT2D eigenvalue weighted by Gasteiger charge is -2.28. The fourth-order valence-electron chi connectivity index (χ4n) is 2.80. The Balaban J connectivity index is 1.79. The minimum atomic E-state index is -0.622. The highest BCUT2D eigenvalue weighted by atomic mass is 79.9. The third-order valence-corrected chi connectivity index (χ3v) is 4.54. The van der Waals surface area contributed by atoms with Crippen molar-refractivity contribution in [3.63, 3.8) is 0 Å². The van der Waals surface area contributed by atoms with Gasteiger partial charge < -0.3 is 11.1 Å². The van der Waals surface area contributed by atoms with Crippen molar-refractivity contribution in [2.75, 3.05) is 18.4 Å². The summed E-state index contributed by atoms with van der Waals surface area (Å²) in [6.45, 7) is 1.67. The molecule has 1 heterocycles. The average molecular weight is 324 g/mol. The SMILES string of the molecule is NC(=O)C1(Nc2cccc(Br)c2)CCN(C2CC2)C1. The monoisotopic (exact) mass is 323 g/mol. The first-order chi connectivity index (χ1) is 9.09. The van der Waals surface area contributed by atoms with Gasteiger partial charge in [0, 0.05) is 29.3 Å². The number of benzene rings is 1. The number of likely N-dealkylation sites (tertiary alicyclic amines) is 1. The van der Waals surface area contributed by atoms with Crippen LogP contribution in [0.3, 0.4) is 0 Å². The molecule has 0 spiro atoms. The van der Waals surface area contributed by atoms with Gasteiger partial charge in [0.15, 0.2) is 0 Å². The van der Waals surface area contributed by atoms with Gasteiger partial charge in [-0.3, -0.25) is 9.69 Å². The first-order valence-corrected chi connectivity index (χ1v) is 7.46. The molecule has 1 aromatic rings. The largest absolute Gasteiger partial charge is 0.370 e. The predicted molar refractivity (Wildman–Crippen MR) is 78.9 cm³/mol. The van der Waals surface area contributed by atoms with Crippen LogP contribution in [0.2, 0.25) is 0 Å². The Morgan fingerprint density at radius 1 is 1.47 bits per heavy atom. The molecule has 2 fully saturated rings. The molecule has 3 rings (SSSR count). The lowest BCUT2D eigenvalue weighted by atomic mass is 9.97. The molecule has 0 aromatic heterocycles. The van der Waals surface area contributed by atoms with E-state index in [1.165, 1.54) is 12.8 Å². The second-order valence-electron chi connectivity index (χ2n) is 5.53. The van der Waals surface area contributed by atoms with E-state index in [0.717, 1.165) is 29.7 Å². The summed E-state index contributed by atoms with van der Waals surface area (Å²) in [5.74, 6) is -0.254. The number of nitrogens with one attached hydrogen (secondary N) is 1. The van der Waals surface area contributed by atoms with Gasteiger partial charge in [-0.05, 0) is 37.5 Å². The number of primary amides is 1. The van der Waals surface area contributed by atoms with Crippen LogP contribution in [0.25, 0.3) is 0 Å². The topological polar surface area (TPSA) is 58.4 Å². The normalized spacial score (nSPS) is 27.4. The third kappa shape index (κ3) is 2.62. The van der Waals surface area contributed by atoms with Crippen molar-refractivity contribution in [1.82, 2.24) is 4.90 Å². The van der Waals surface area contributed by atoms with E-state index in [1.807, 2.05) is 24.3 Å². The summed E-state index contributed by atoms with van der Waals surface area (Å²) in [6, 6.07) is 8.53. The van der Waals surface area contributed by atoms with Crippen molar-refractivity contribution < 1.29 is 4.79 Å². The lowest BCUT2D eigenvalue weighted by molar-refractivity contribution is -0.121. The van der Waals surface area contributed by atoms with Crippen molar-refractivity contribution in [2.24, 2.45) is 5.73 Å². The van der Waals surface area contributed by atoms with E-state index < -0.39 is 5.54 Å². The van der Waals surface area contributed by atoms with Crippen LogP contribution in [0.1, 0.15) is 19.3 Å². The van der Waals surface area contributed by atoms with Gasteiger partial charge in [0.05, 0.1) is 0 Å². The number of nitrogens with two attached hydrogens (primary N) is 1. The Bertz CT molecular complexity index is 503. The number of halogens is 1. The molecule has 2 aliphatic rings. The molecule has 4 nitrogen and oxygen atoms in total. The third-order valence-electron chi connectivity index (χ3n) is 4.04. The lowest BCUT2D eigenvalue weighted by Crippen LogP contribution is -2.52. The molecule has 19 heavy (non-hydrogen) atoms. The number of hydrogen-bond acceptors (Lipinski definition) is 3. The molecule has 1 saturated carbocycles. The Kier molecular flexibility index (Phi) is 3.27. The van der Waals surface area contributed by atoms with Crippen molar-refractivity contribution in [3.05, 3.63) is 28.7 Å².